The van der Waals surface area contributed by atoms with Gasteiger partial charge < -0.3 is 0 Å². The van der Waals surface area contributed by atoms with E-state index in [2.05, 4.69) is 0 Å². The second-order valence-electron chi connectivity index (χ2n) is 1.04. The summed E-state index contributed by atoms with van der Waals surface area (Å²) in [7, 11) is 0. The maximum Gasteiger partial charge on any atom is 0.257 e. The van der Waals surface area contributed by atoms with Crippen molar-refractivity contribution in [3.8, 4) is 0 Å². The number of alkyl halides is 2. The number of hydrogen-bond donors (Lipinski definition) is 0. The number of rotatable bonds is 2. The van der Waals surface area contributed by atoms with Crippen molar-refractivity contribution in [3.63, 3.8) is 0 Å². The van der Waals surface area contributed by atoms with Gasteiger partial charge in [-0.15, -0.1) is 0 Å². The molecule has 0 aliphatic carbocycles. The zero-order valence-corrected chi connectivity index (χ0v) is 4.02. The van der Waals surface area contributed by atoms with Crippen LogP contribution in [0, 0.1) is 0 Å². The lowest BCUT2D eigenvalue weighted by Gasteiger charge is -1.79. The van der Waals surface area contributed by atoms with Crippen LogP contribution in [-0.4, -0.2) is 6.43 Å². The smallest absolute Gasteiger partial charge is 0.216 e. The van der Waals surface area contributed by atoms with Gasteiger partial charge in [0, 0.05) is 0 Å². The third kappa shape index (κ3) is 5.27. The molecule has 0 heterocycles. The Morgan fingerprint density at radius 3 is 2.12 bits per heavy atom. The molecule has 3 heteroatoms. The Hall–Kier alpha value is -0.730. The first-order valence-corrected chi connectivity index (χ1v) is 1.99. The Balaban J connectivity index is 3.34. The molecule has 0 N–H and O–H groups in total. The summed E-state index contributed by atoms with van der Waals surface area (Å²) >= 11 is 0. The van der Waals surface area contributed by atoms with Gasteiger partial charge in [-0.25, -0.2) is 13.2 Å². The highest BCUT2D eigenvalue weighted by atomic mass is 19.3. The van der Waals surface area contributed by atoms with E-state index in [1.807, 2.05) is 0 Å². The quantitative estimate of drug-likeness (QED) is 0.493. The molecule has 46 valence electrons. The van der Waals surface area contributed by atoms with E-state index in [0.29, 0.717) is 6.08 Å². The first kappa shape index (κ1) is 7.27. The van der Waals surface area contributed by atoms with Crippen molar-refractivity contribution >= 4 is 0 Å². The standard InChI is InChI=1S/C5H5F3/c6-4-2-1-3-5(7)8/h1-5H. The largest absolute Gasteiger partial charge is 0.257 e. The van der Waals surface area contributed by atoms with Crippen molar-refractivity contribution in [3.05, 3.63) is 24.6 Å². The van der Waals surface area contributed by atoms with E-state index in [1.165, 1.54) is 0 Å². The predicted octanol–water partition coefficient (Wildman–Crippen LogP) is 2.29. The van der Waals surface area contributed by atoms with Crippen LogP contribution in [0.5, 0.6) is 0 Å². The van der Waals surface area contributed by atoms with Crippen molar-refractivity contribution in [1.82, 2.24) is 0 Å². The summed E-state index contributed by atoms with van der Waals surface area (Å²) in [4.78, 5) is 0. The third-order valence-electron chi connectivity index (χ3n) is 0.440. The Morgan fingerprint density at radius 1 is 1.12 bits per heavy atom. The molecule has 0 aromatic heterocycles. The van der Waals surface area contributed by atoms with Gasteiger partial charge in [0.2, 0.25) is 0 Å². The Labute approximate surface area is 45.3 Å². The molecule has 0 aliphatic heterocycles. The van der Waals surface area contributed by atoms with Gasteiger partial charge >= 0.3 is 0 Å². The van der Waals surface area contributed by atoms with Crippen LogP contribution in [0.25, 0.3) is 0 Å². The maximum atomic E-state index is 11.1. The lowest BCUT2D eigenvalue weighted by molar-refractivity contribution is 0.204. The van der Waals surface area contributed by atoms with Gasteiger partial charge in [0.15, 0.2) is 0 Å². The highest BCUT2D eigenvalue weighted by Crippen LogP contribution is 1.92. The molecule has 0 bridgehead atoms. The molecule has 0 unspecified atom stereocenters. The van der Waals surface area contributed by atoms with Gasteiger partial charge in [-0.1, -0.05) is 6.08 Å². The minimum Gasteiger partial charge on any atom is -0.216 e. The minimum absolute atomic E-state index is 0.193. The van der Waals surface area contributed by atoms with Gasteiger partial charge in [0.05, 0.1) is 6.33 Å². The summed E-state index contributed by atoms with van der Waals surface area (Å²) < 4.78 is 33.2. The fraction of sp³-hybridized carbons (Fsp3) is 0.200. The molecule has 0 fully saturated rings. The zero-order chi connectivity index (χ0) is 6.41. The van der Waals surface area contributed by atoms with Crippen LogP contribution in [0.15, 0.2) is 24.6 Å². The van der Waals surface area contributed by atoms with E-state index in [9.17, 15) is 13.2 Å². The van der Waals surface area contributed by atoms with Crippen molar-refractivity contribution in [2.24, 2.45) is 0 Å². The van der Waals surface area contributed by atoms with Crippen molar-refractivity contribution < 1.29 is 13.2 Å². The van der Waals surface area contributed by atoms with E-state index in [1.54, 1.807) is 0 Å². The van der Waals surface area contributed by atoms with Crippen molar-refractivity contribution in [2.45, 2.75) is 6.43 Å². The van der Waals surface area contributed by atoms with Crippen LogP contribution in [0.3, 0.4) is 0 Å². The molecule has 8 heavy (non-hydrogen) atoms. The lowest BCUT2D eigenvalue weighted by atomic mass is 10.5. The fourth-order valence-electron chi connectivity index (χ4n) is 0.190. The van der Waals surface area contributed by atoms with Gasteiger partial charge in [0.25, 0.3) is 6.43 Å². The lowest BCUT2D eigenvalue weighted by Crippen LogP contribution is -1.77. The number of hydrogen-bond acceptors (Lipinski definition) is 0. The van der Waals surface area contributed by atoms with Crippen molar-refractivity contribution in [1.29, 1.82) is 0 Å². The average molecular weight is 122 g/mol. The van der Waals surface area contributed by atoms with Crippen LogP contribution in [-0.2, 0) is 0 Å². The van der Waals surface area contributed by atoms with E-state index in [-0.39, 0.29) is 6.33 Å². The van der Waals surface area contributed by atoms with Gasteiger partial charge in [0.1, 0.15) is 0 Å². The molecule has 0 rings (SSSR count). The normalized spacial score (nSPS) is 12.5. The summed E-state index contributed by atoms with van der Waals surface area (Å²) in [5.74, 6) is 0. The second kappa shape index (κ2) is 4.43. The van der Waals surface area contributed by atoms with Crippen LogP contribution in [0.2, 0.25) is 0 Å². The van der Waals surface area contributed by atoms with E-state index < -0.39 is 6.43 Å². The molecule has 0 aromatic carbocycles. The molecule has 0 saturated carbocycles. The Kier molecular flexibility index (Phi) is 4.03. The number of allylic oxidation sites excluding steroid dienone is 3. The minimum atomic E-state index is -2.49. The fourth-order valence-corrected chi connectivity index (χ4v) is 0.190. The van der Waals surface area contributed by atoms with E-state index in [4.69, 9.17) is 0 Å². The Bertz CT molecular complexity index is 93.8. The predicted molar refractivity (Wildman–Crippen MR) is 25.4 cm³/mol. The summed E-state index contributed by atoms with van der Waals surface area (Å²) in [5, 5.41) is 0. The average Bonchev–Trinajstić information content (AvgIpc) is 1.66. The van der Waals surface area contributed by atoms with E-state index in [0.717, 1.165) is 12.2 Å². The molecule has 0 nitrogen and oxygen atoms in total. The SMILES string of the molecule is FC=CC=CC(F)F. The van der Waals surface area contributed by atoms with Crippen molar-refractivity contribution in [2.75, 3.05) is 0 Å². The highest BCUT2D eigenvalue weighted by molar-refractivity contribution is 5.00. The number of halogens is 3. The van der Waals surface area contributed by atoms with Gasteiger partial charge in [-0.05, 0) is 12.2 Å². The van der Waals surface area contributed by atoms with Gasteiger partial charge in [-0.3, -0.25) is 0 Å². The molecule has 0 saturated heterocycles. The molecule has 0 aliphatic rings. The summed E-state index contributed by atoms with van der Waals surface area (Å²) in [6, 6.07) is 0. The van der Waals surface area contributed by atoms with Crippen LogP contribution >= 0.6 is 0 Å². The van der Waals surface area contributed by atoms with Crippen LogP contribution in [0.1, 0.15) is 0 Å². The molecule has 0 atom stereocenters. The third-order valence-corrected chi connectivity index (χ3v) is 0.440. The monoisotopic (exact) mass is 122 g/mol. The molecule has 0 spiro atoms. The van der Waals surface area contributed by atoms with Crippen LogP contribution < -0.4 is 0 Å². The topological polar surface area (TPSA) is 0 Å². The molecular weight excluding hydrogens is 117 g/mol. The van der Waals surface area contributed by atoms with Gasteiger partial charge in [-0.2, -0.15) is 0 Å². The first-order chi connectivity index (χ1) is 3.77. The highest BCUT2D eigenvalue weighted by Gasteiger charge is 1.88. The first-order valence-electron chi connectivity index (χ1n) is 1.99. The maximum absolute atomic E-state index is 11.1. The van der Waals surface area contributed by atoms with E-state index >= 15 is 0 Å². The summed E-state index contributed by atoms with van der Waals surface area (Å²) in [5.41, 5.74) is 0. The second-order valence-corrected chi connectivity index (χ2v) is 1.04. The summed E-state index contributed by atoms with van der Waals surface area (Å²) in [6.07, 6.45) is 0.136. The molecular formula is C5H5F3. The zero-order valence-electron chi connectivity index (χ0n) is 4.02. The Morgan fingerprint density at radius 2 is 1.75 bits per heavy atom. The molecule has 0 radical (unpaired) electrons. The molecule has 0 aromatic rings. The molecule has 0 amide bonds. The van der Waals surface area contributed by atoms with Crippen LogP contribution in [0.4, 0.5) is 13.2 Å². The summed E-state index contributed by atoms with van der Waals surface area (Å²) in [6.45, 7) is 0.